The minimum atomic E-state index is -0.545. The lowest BCUT2D eigenvalue weighted by Gasteiger charge is -2.13. The summed E-state index contributed by atoms with van der Waals surface area (Å²) in [6, 6.07) is 5.73. The number of methoxy groups -OCH3 is 2. The monoisotopic (exact) mass is 276 g/mol. The molecule has 20 heavy (non-hydrogen) atoms. The molecule has 6 nitrogen and oxygen atoms in total. The van der Waals surface area contributed by atoms with Crippen molar-refractivity contribution in [3.63, 3.8) is 0 Å². The number of hydrogen-bond donors (Lipinski definition) is 1. The summed E-state index contributed by atoms with van der Waals surface area (Å²) in [6.45, 7) is 0. The fourth-order valence-electron chi connectivity index (χ4n) is 2.09. The second-order valence-corrected chi connectivity index (χ2v) is 4.50. The van der Waals surface area contributed by atoms with Crippen LogP contribution in [0.25, 0.3) is 10.9 Å². The minimum Gasteiger partial charge on any atom is -0.469 e. The van der Waals surface area contributed by atoms with E-state index in [4.69, 9.17) is 4.74 Å². The molecule has 1 unspecified atom stereocenters. The number of esters is 2. The second-order valence-electron chi connectivity index (χ2n) is 4.50. The Balaban J connectivity index is 2.17. The van der Waals surface area contributed by atoms with Gasteiger partial charge in [-0.15, -0.1) is 0 Å². The molecule has 1 aromatic heterocycles. The van der Waals surface area contributed by atoms with Crippen LogP contribution in [0.1, 0.15) is 12.0 Å². The van der Waals surface area contributed by atoms with Crippen LogP contribution >= 0.6 is 0 Å². The molecular formula is C14H16N2O4. The maximum absolute atomic E-state index is 11.7. The van der Waals surface area contributed by atoms with Gasteiger partial charge in [0.25, 0.3) is 0 Å². The lowest BCUT2D eigenvalue weighted by molar-refractivity contribution is -0.151. The van der Waals surface area contributed by atoms with Crippen molar-refractivity contribution < 1.29 is 19.1 Å². The third-order valence-corrected chi connectivity index (χ3v) is 3.16. The molecule has 0 bridgehead atoms. The number of ether oxygens (including phenoxy) is 2. The van der Waals surface area contributed by atoms with Crippen LogP contribution in [0, 0.1) is 5.92 Å². The molecule has 1 atom stereocenters. The molecule has 106 valence electrons. The Hall–Kier alpha value is -2.37. The molecule has 1 aromatic carbocycles. The van der Waals surface area contributed by atoms with Gasteiger partial charge in [-0.1, -0.05) is 6.07 Å². The predicted molar refractivity (Wildman–Crippen MR) is 71.9 cm³/mol. The van der Waals surface area contributed by atoms with E-state index >= 15 is 0 Å². The van der Waals surface area contributed by atoms with Crippen LogP contribution in [0.5, 0.6) is 0 Å². The highest BCUT2D eigenvalue weighted by atomic mass is 16.5. The van der Waals surface area contributed by atoms with Crippen molar-refractivity contribution in [2.45, 2.75) is 12.8 Å². The number of benzene rings is 1. The van der Waals surface area contributed by atoms with Gasteiger partial charge in [0.15, 0.2) is 0 Å². The number of nitrogens with zero attached hydrogens (tertiary/aromatic N) is 1. The largest absolute Gasteiger partial charge is 0.469 e. The van der Waals surface area contributed by atoms with Gasteiger partial charge < -0.3 is 9.47 Å². The van der Waals surface area contributed by atoms with Crippen molar-refractivity contribution in [3.8, 4) is 0 Å². The highest BCUT2D eigenvalue weighted by Crippen LogP contribution is 2.19. The van der Waals surface area contributed by atoms with Gasteiger partial charge in [-0.3, -0.25) is 14.7 Å². The summed E-state index contributed by atoms with van der Waals surface area (Å²) in [5, 5.41) is 7.77. The Kier molecular flexibility index (Phi) is 4.34. The number of nitrogens with one attached hydrogen (secondary N) is 1. The number of aromatic amines is 1. The topological polar surface area (TPSA) is 81.3 Å². The number of rotatable bonds is 5. The molecule has 1 N–H and O–H groups in total. The summed E-state index contributed by atoms with van der Waals surface area (Å²) < 4.78 is 9.35. The van der Waals surface area contributed by atoms with Gasteiger partial charge >= 0.3 is 11.9 Å². The van der Waals surface area contributed by atoms with Gasteiger partial charge in [-0.25, -0.2) is 0 Å². The molecule has 0 radical (unpaired) electrons. The molecule has 2 aromatic rings. The lowest BCUT2D eigenvalue weighted by Crippen LogP contribution is -2.22. The number of carbonyl (C=O) groups excluding carboxylic acids is 2. The van der Waals surface area contributed by atoms with Crippen LogP contribution in [0.4, 0.5) is 0 Å². The quantitative estimate of drug-likeness (QED) is 0.836. The fraction of sp³-hybridized carbons (Fsp3) is 0.357. The highest BCUT2D eigenvalue weighted by molar-refractivity contribution is 5.81. The van der Waals surface area contributed by atoms with E-state index in [-0.39, 0.29) is 6.42 Å². The van der Waals surface area contributed by atoms with E-state index in [1.54, 1.807) is 6.20 Å². The summed E-state index contributed by atoms with van der Waals surface area (Å²) in [5.41, 5.74) is 1.87. The van der Waals surface area contributed by atoms with Crippen LogP contribution < -0.4 is 0 Å². The van der Waals surface area contributed by atoms with E-state index < -0.39 is 17.9 Å². The molecule has 0 saturated carbocycles. The summed E-state index contributed by atoms with van der Waals surface area (Å²) in [5.74, 6) is -1.38. The van der Waals surface area contributed by atoms with Crippen molar-refractivity contribution in [3.05, 3.63) is 30.0 Å². The predicted octanol–water partition coefficient (Wildman–Crippen LogP) is 1.46. The Morgan fingerprint density at radius 1 is 1.30 bits per heavy atom. The zero-order chi connectivity index (χ0) is 14.5. The lowest BCUT2D eigenvalue weighted by atomic mass is 9.95. The highest BCUT2D eigenvalue weighted by Gasteiger charge is 2.23. The average Bonchev–Trinajstić information content (AvgIpc) is 2.93. The Bertz CT molecular complexity index is 620. The van der Waals surface area contributed by atoms with Crippen molar-refractivity contribution in [1.82, 2.24) is 10.2 Å². The Labute approximate surface area is 116 Å². The molecule has 0 spiro atoms. The number of H-pyrrole nitrogens is 1. The molecule has 6 heteroatoms. The summed E-state index contributed by atoms with van der Waals surface area (Å²) in [6.07, 6.45) is 2.14. The molecule has 1 heterocycles. The first-order chi connectivity index (χ1) is 9.63. The molecule has 0 saturated heterocycles. The summed E-state index contributed by atoms with van der Waals surface area (Å²) in [7, 11) is 2.61. The molecule has 2 rings (SSSR count). The summed E-state index contributed by atoms with van der Waals surface area (Å²) >= 11 is 0. The van der Waals surface area contributed by atoms with E-state index in [0.29, 0.717) is 6.42 Å². The molecule has 0 aliphatic heterocycles. The van der Waals surface area contributed by atoms with E-state index in [1.165, 1.54) is 14.2 Å². The molecule has 0 amide bonds. The molecule has 0 aliphatic carbocycles. The van der Waals surface area contributed by atoms with Gasteiger partial charge in [-0.2, -0.15) is 5.10 Å². The van der Waals surface area contributed by atoms with E-state index in [9.17, 15) is 9.59 Å². The number of aromatic nitrogens is 2. The van der Waals surface area contributed by atoms with Crippen molar-refractivity contribution >= 4 is 22.8 Å². The van der Waals surface area contributed by atoms with Gasteiger partial charge in [0.05, 0.1) is 38.3 Å². The normalized spacial score (nSPS) is 12.1. The van der Waals surface area contributed by atoms with Gasteiger partial charge in [0, 0.05) is 5.39 Å². The smallest absolute Gasteiger partial charge is 0.309 e. The minimum absolute atomic E-state index is 0.00655. The first-order valence-electron chi connectivity index (χ1n) is 6.20. The van der Waals surface area contributed by atoms with E-state index in [2.05, 4.69) is 14.9 Å². The SMILES string of the molecule is COC(=O)CC(Cc1ccc2[nH]ncc2c1)C(=O)OC. The van der Waals surface area contributed by atoms with Crippen LogP contribution in [-0.2, 0) is 25.5 Å². The van der Waals surface area contributed by atoms with Gasteiger partial charge in [0.2, 0.25) is 0 Å². The molecular weight excluding hydrogens is 260 g/mol. The van der Waals surface area contributed by atoms with Crippen molar-refractivity contribution in [2.24, 2.45) is 5.92 Å². The first kappa shape index (κ1) is 14.0. The fourth-order valence-corrected chi connectivity index (χ4v) is 2.09. The van der Waals surface area contributed by atoms with Crippen LogP contribution in [0.3, 0.4) is 0 Å². The third kappa shape index (κ3) is 3.14. The van der Waals surface area contributed by atoms with E-state index in [0.717, 1.165) is 16.5 Å². The second kappa shape index (κ2) is 6.18. The van der Waals surface area contributed by atoms with Crippen molar-refractivity contribution in [1.29, 1.82) is 0 Å². The third-order valence-electron chi connectivity index (χ3n) is 3.16. The maximum atomic E-state index is 11.7. The van der Waals surface area contributed by atoms with Crippen LogP contribution in [0.15, 0.2) is 24.4 Å². The molecule has 0 aliphatic rings. The van der Waals surface area contributed by atoms with Gasteiger partial charge in [-0.05, 0) is 24.1 Å². The van der Waals surface area contributed by atoms with Crippen molar-refractivity contribution in [2.75, 3.05) is 14.2 Å². The Morgan fingerprint density at radius 3 is 2.80 bits per heavy atom. The molecule has 0 fully saturated rings. The average molecular weight is 276 g/mol. The number of carbonyl (C=O) groups is 2. The zero-order valence-corrected chi connectivity index (χ0v) is 11.4. The number of fused-ring (bicyclic) bond motifs is 1. The van der Waals surface area contributed by atoms with Crippen LogP contribution in [-0.4, -0.2) is 36.4 Å². The van der Waals surface area contributed by atoms with Crippen LogP contribution in [0.2, 0.25) is 0 Å². The zero-order valence-electron chi connectivity index (χ0n) is 11.4. The van der Waals surface area contributed by atoms with Gasteiger partial charge in [0.1, 0.15) is 0 Å². The standard InChI is InChI=1S/C14H16N2O4/c1-19-13(17)7-10(14(18)20-2)5-9-3-4-12-11(6-9)8-15-16-12/h3-4,6,8,10H,5,7H2,1-2H3,(H,15,16). The summed E-state index contributed by atoms with van der Waals surface area (Å²) in [4.78, 5) is 23.1. The number of hydrogen-bond acceptors (Lipinski definition) is 5. The Morgan fingerprint density at radius 2 is 2.10 bits per heavy atom. The van der Waals surface area contributed by atoms with E-state index in [1.807, 2.05) is 18.2 Å². The first-order valence-corrected chi connectivity index (χ1v) is 6.20. The maximum Gasteiger partial charge on any atom is 0.309 e.